The van der Waals surface area contributed by atoms with Gasteiger partial charge in [0.25, 0.3) is 5.91 Å². The molecule has 0 N–H and O–H groups in total. The van der Waals surface area contributed by atoms with Gasteiger partial charge < -0.3 is 9.47 Å². The zero-order valence-electron chi connectivity index (χ0n) is 14.1. The van der Waals surface area contributed by atoms with Crippen LogP contribution in [-0.2, 0) is 9.53 Å². The number of nitrogens with zero attached hydrogens (tertiary/aromatic N) is 2. The van der Waals surface area contributed by atoms with Gasteiger partial charge in [-0.3, -0.25) is 9.69 Å². The molecule has 0 unspecified atom stereocenters. The van der Waals surface area contributed by atoms with Gasteiger partial charge in [-0.25, -0.2) is 4.79 Å². The first-order valence-electron chi connectivity index (χ1n) is 7.61. The highest BCUT2D eigenvalue weighted by atomic mass is 16.5. The van der Waals surface area contributed by atoms with Crippen LogP contribution in [0.3, 0.4) is 0 Å². The van der Waals surface area contributed by atoms with Crippen molar-refractivity contribution in [3.63, 3.8) is 0 Å². The van der Waals surface area contributed by atoms with Crippen LogP contribution in [0.2, 0.25) is 0 Å². The number of anilines is 1. The molecule has 2 aromatic rings. The van der Waals surface area contributed by atoms with Crippen LogP contribution in [0.5, 0.6) is 5.75 Å². The van der Waals surface area contributed by atoms with E-state index < -0.39 is 18.5 Å². The highest BCUT2D eigenvalue weighted by molar-refractivity contribution is 5.97. The first-order valence-corrected chi connectivity index (χ1v) is 7.61. The number of nitriles is 1. The molecule has 0 aliphatic rings. The zero-order chi connectivity index (χ0) is 18.2. The number of rotatable bonds is 6. The molecular formula is C19H18N2O4. The van der Waals surface area contributed by atoms with Gasteiger partial charge in [0.05, 0.1) is 18.7 Å². The molecule has 0 aliphatic heterocycles. The van der Waals surface area contributed by atoms with Crippen LogP contribution < -0.4 is 9.64 Å². The van der Waals surface area contributed by atoms with Crippen molar-refractivity contribution < 1.29 is 19.1 Å². The van der Waals surface area contributed by atoms with Crippen LogP contribution in [0.15, 0.2) is 48.5 Å². The molecule has 0 saturated carbocycles. The van der Waals surface area contributed by atoms with Crippen molar-refractivity contribution in [2.24, 2.45) is 0 Å². The molecule has 0 aromatic heterocycles. The van der Waals surface area contributed by atoms with Crippen LogP contribution in [0.1, 0.15) is 15.9 Å². The molecule has 0 fully saturated rings. The summed E-state index contributed by atoms with van der Waals surface area (Å²) in [5, 5.41) is 8.92. The Morgan fingerprint density at radius 3 is 2.52 bits per heavy atom. The third kappa shape index (κ3) is 4.58. The number of benzene rings is 2. The average Bonchev–Trinajstić information content (AvgIpc) is 2.65. The van der Waals surface area contributed by atoms with E-state index in [1.54, 1.807) is 42.5 Å². The van der Waals surface area contributed by atoms with Gasteiger partial charge in [0, 0.05) is 5.69 Å². The Morgan fingerprint density at radius 1 is 1.16 bits per heavy atom. The quantitative estimate of drug-likeness (QED) is 0.598. The minimum Gasteiger partial charge on any atom is -0.496 e. The van der Waals surface area contributed by atoms with E-state index in [1.807, 2.05) is 19.1 Å². The maximum Gasteiger partial charge on any atom is 0.338 e. The normalized spacial score (nSPS) is 9.80. The SMILES string of the molecule is COc1cc(C(=O)OCC(=O)N(CC#N)c2ccccc2)ccc1C. The Kier molecular flexibility index (Phi) is 6.13. The number of hydrogen-bond donors (Lipinski definition) is 0. The van der Waals surface area contributed by atoms with Crippen molar-refractivity contribution in [1.82, 2.24) is 0 Å². The van der Waals surface area contributed by atoms with Crippen molar-refractivity contribution in [3.05, 3.63) is 59.7 Å². The van der Waals surface area contributed by atoms with Gasteiger partial charge in [0.2, 0.25) is 0 Å². The Balaban J connectivity index is 2.05. The molecule has 0 atom stereocenters. The smallest absolute Gasteiger partial charge is 0.338 e. The maximum atomic E-state index is 12.3. The standard InChI is InChI=1S/C19H18N2O4/c1-14-8-9-15(12-17(14)24-2)19(23)25-13-18(22)21(11-10-20)16-6-4-3-5-7-16/h3-9,12H,11,13H2,1-2H3. The first-order chi connectivity index (χ1) is 12.1. The van der Waals surface area contributed by atoms with E-state index in [9.17, 15) is 9.59 Å². The molecule has 0 bridgehead atoms. The number of amides is 1. The summed E-state index contributed by atoms with van der Waals surface area (Å²) in [6, 6.07) is 15.6. The fourth-order valence-electron chi connectivity index (χ4n) is 2.24. The van der Waals surface area contributed by atoms with Crippen LogP contribution >= 0.6 is 0 Å². The molecule has 128 valence electrons. The van der Waals surface area contributed by atoms with Gasteiger partial charge in [0.1, 0.15) is 12.3 Å². The maximum absolute atomic E-state index is 12.3. The van der Waals surface area contributed by atoms with E-state index in [0.29, 0.717) is 17.0 Å². The predicted octanol–water partition coefficient (Wildman–Crippen LogP) is 2.72. The summed E-state index contributed by atoms with van der Waals surface area (Å²) < 4.78 is 10.3. The second-order valence-electron chi connectivity index (χ2n) is 5.23. The number of aryl methyl sites for hydroxylation is 1. The minimum absolute atomic E-state index is 0.126. The number of carbonyl (C=O) groups excluding carboxylic acids is 2. The van der Waals surface area contributed by atoms with Crippen molar-refractivity contribution >= 4 is 17.6 Å². The van der Waals surface area contributed by atoms with Gasteiger partial charge in [-0.2, -0.15) is 5.26 Å². The highest BCUT2D eigenvalue weighted by Gasteiger charge is 2.18. The summed E-state index contributed by atoms with van der Waals surface area (Å²) in [5.74, 6) is -0.534. The molecule has 2 aromatic carbocycles. The molecule has 6 nitrogen and oxygen atoms in total. The van der Waals surface area contributed by atoms with E-state index in [0.717, 1.165) is 5.56 Å². The topological polar surface area (TPSA) is 79.6 Å². The Labute approximate surface area is 146 Å². The fourth-order valence-corrected chi connectivity index (χ4v) is 2.24. The van der Waals surface area contributed by atoms with E-state index in [1.165, 1.54) is 12.0 Å². The second-order valence-corrected chi connectivity index (χ2v) is 5.23. The van der Waals surface area contributed by atoms with Crippen molar-refractivity contribution in [2.75, 3.05) is 25.2 Å². The Hall–Kier alpha value is -3.33. The van der Waals surface area contributed by atoms with Crippen molar-refractivity contribution in [3.8, 4) is 11.8 Å². The van der Waals surface area contributed by atoms with E-state index in [4.69, 9.17) is 14.7 Å². The Bertz CT molecular complexity index is 797. The van der Waals surface area contributed by atoms with Crippen molar-refractivity contribution in [2.45, 2.75) is 6.92 Å². The molecular weight excluding hydrogens is 320 g/mol. The summed E-state index contributed by atoms with van der Waals surface area (Å²) in [7, 11) is 1.51. The molecule has 0 spiro atoms. The van der Waals surface area contributed by atoms with E-state index in [-0.39, 0.29) is 6.54 Å². The summed E-state index contributed by atoms with van der Waals surface area (Å²) >= 11 is 0. The second kappa shape index (κ2) is 8.50. The molecule has 0 heterocycles. The molecule has 0 radical (unpaired) electrons. The van der Waals surface area contributed by atoms with Crippen LogP contribution in [0.4, 0.5) is 5.69 Å². The number of esters is 1. The van der Waals surface area contributed by atoms with Gasteiger partial charge in [-0.05, 0) is 36.8 Å². The third-order valence-electron chi connectivity index (χ3n) is 3.57. The van der Waals surface area contributed by atoms with E-state index >= 15 is 0 Å². The summed E-state index contributed by atoms with van der Waals surface area (Å²) in [6.07, 6.45) is 0. The molecule has 1 amide bonds. The highest BCUT2D eigenvalue weighted by Crippen LogP contribution is 2.19. The lowest BCUT2D eigenvalue weighted by molar-refractivity contribution is -0.121. The minimum atomic E-state index is -0.628. The summed E-state index contributed by atoms with van der Waals surface area (Å²) in [5.41, 5.74) is 1.75. The van der Waals surface area contributed by atoms with Crippen LogP contribution in [0.25, 0.3) is 0 Å². The molecule has 6 heteroatoms. The monoisotopic (exact) mass is 338 g/mol. The Morgan fingerprint density at radius 2 is 1.88 bits per heavy atom. The number of hydrogen-bond acceptors (Lipinski definition) is 5. The molecule has 0 aliphatic carbocycles. The number of para-hydroxylation sites is 1. The zero-order valence-corrected chi connectivity index (χ0v) is 14.1. The van der Waals surface area contributed by atoms with Gasteiger partial charge in [-0.1, -0.05) is 24.3 Å². The lowest BCUT2D eigenvalue weighted by Gasteiger charge is -2.19. The average molecular weight is 338 g/mol. The van der Waals surface area contributed by atoms with Gasteiger partial charge in [0.15, 0.2) is 6.61 Å². The van der Waals surface area contributed by atoms with Gasteiger partial charge in [-0.15, -0.1) is 0 Å². The lowest BCUT2D eigenvalue weighted by atomic mass is 10.1. The largest absolute Gasteiger partial charge is 0.496 e. The summed E-state index contributed by atoms with van der Waals surface area (Å²) in [6.45, 7) is 1.28. The number of carbonyl (C=O) groups is 2. The van der Waals surface area contributed by atoms with E-state index in [2.05, 4.69) is 0 Å². The fraction of sp³-hybridized carbons (Fsp3) is 0.211. The number of ether oxygens (including phenoxy) is 2. The number of methoxy groups -OCH3 is 1. The predicted molar refractivity (Wildman–Crippen MR) is 92.4 cm³/mol. The van der Waals surface area contributed by atoms with Crippen LogP contribution in [-0.4, -0.2) is 32.1 Å². The lowest BCUT2D eigenvalue weighted by Crippen LogP contribution is -2.35. The van der Waals surface area contributed by atoms with Crippen LogP contribution in [0, 0.1) is 18.3 Å². The molecule has 0 saturated heterocycles. The molecule has 25 heavy (non-hydrogen) atoms. The van der Waals surface area contributed by atoms with Crippen molar-refractivity contribution in [1.29, 1.82) is 5.26 Å². The third-order valence-corrected chi connectivity index (χ3v) is 3.57. The first kappa shape index (κ1) is 18.0. The summed E-state index contributed by atoms with van der Waals surface area (Å²) in [4.78, 5) is 25.7. The van der Waals surface area contributed by atoms with Gasteiger partial charge >= 0.3 is 5.97 Å². The molecule has 2 rings (SSSR count).